The molecule has 2 aliphatic heterocycles. The van der Waals surface area contributed by atoms with Crippen molar-refractivity contribution in [3.63, 3.8) is 0 Å². The van der Waals surface area contributed by atoms with E-state index in [-0.39, 0.29) is 84.9 Å². The minimum atomic E-state index is -4.92. The number of ether oxygens (including phenoxy) is 2. The number of carbonyl (C=O) groups excluding carboxylic acids is 8. The Labute approximate surface area is 418 Å². The Morgan fingerprint density at radius 2 is 1.10 bits per heavy atom. The van der Waals surface area contributed by atoms with Gasteiger partial charge in [0.1, 0.15) is 18.1 Å². The zero-order valence-corrected chi connectivity index (χ0v) is 42.9. The monoisotopic (exact) mass is 1020 g/mol. The summed E-state index contributed by atoms with van der Waals surface area (Å²) >= 11 is 0. The van der Waals surface area contributed by atoms with Gasteiger partial charge in [-0.15, -0.1) is 0 Å². The van der Waals surface area contributed by atoms with Gasteiger partial charge in [0.25, 0.3) is 0 Å². The maximum atomic E-state index is 13.3. The number of phosphoric acid groups is 1. The molecule has 6 rings (SSSR count). The third-order valence-corrected chi connectivity index (χ3v) is 13.4. The van der Waals surface area contributed by atoms with Gasteiger partial charge in [0.05, 0.1) is 37.7 Å². The molecule has 4 amide bonds. The van der Waals surface area contributed by atoms with Gasteiger partial charge in [-0.2, -0.15) is 0 Å². The summed E-state index contributed by atoms with van der Waals surface area (Å²) in [6, 6.07) is 12.4. The SMILES string of the molecule is CCC(=O)[C@H](C[C@@H]1CCNC1=O)NC(=O)C(CC(=O)c1cc2c(OC)cccc2[nH]1)CC(C)C.COc1cccc2[nH]c(C(=O)CC(CC(C)C)C(=O)N[C@@H](C[C@@H]3CCNC3=O)C(=O)COP(=O)(O)O)cc12. The number of methoxy groups -OCH3 is 2. The average molecular weight is 1020 g/mol. The number of H-pyrrole nitrogens is 2. The third kappa shape index (κ3) is 15.9. The quantitative estimate of drug-likeness (QED) is 0.0285. The molecule has 20 nitrogen and oxygen atoms in total. The number of aromatic amines is 2. The Balaban J connectivity index is 0.000000269. The van der Waals surface area contributed by atoms with Crippen molar-refractivity contribution in [3.8, 4) is 11.5 Å². The highest BCUT2D eigenvalue weighted by atomic mass is 31.2. The number of hydrogen-bond donors (Lipinski definition) is 8. The van der Waals surface area contributed by atoms with Gasteiger partial charge in [0.2, 0.25) is 23.6 Å². The average Bonchev–Trinajstić information content (AvgIpc) is 4.16. The maximum Gasteiger partial charge on any atom is 0.470 e. The number of Topliss-reactive ketones (excluding diaryl/α,β-unsaturated/α-hetero) is 4. The molecular formula is C51H69N6O14P. The number of carbonyl (C=O) groups is 8. The van der Waals surface area contributed by atoms with Crippen LogP contribution in [0.5, 0.6) is 11.5 Å². The van der Waals surface area contributed by atoms with Crippen molar-refractivity contribution in [2.24, 2.45) is 35.5 Å². The highest BCUT2D eigenvalue weighted by Crippen LogP contribution is 2.36. The zero-order valence-electron chi connectivity index (χ0n) is 42.0. The first-order valence-corrected chi connectivity index (χ1v) is 25.9. The van der Waals surface area contributed by atoms with Crippen molar-refractivity contribution < 1.29 is 66.7 Å². The van der Waals surface area contributed by atoms with E-state index in [1.807, 2.05) is 52.0 Å². The van der Waals surface area contributed by atoms with Crippen LogP contribution in [0.4, 0.5) is 0 Å². The van der Waals surface area contributed by atoms with E-state index in [0.717, 1.165) is 16.3 Å². The second kappa shape index (κ2) is 26.0. The van der Waals surface area contributed by atoms with E-state index in [9.17, 15) is 42.9 Å². The molecule has 2 unspecified atom stereocenters. The summed E-state index contributed by atoms with van der Waals surface area (Å²) < 4.78 is 26.1. The number of phosphoric ester groups is 1. The number of fused-ring (bicyclic) bond motifs is 2. The molecule has 2 fully saturated rings. The number of amides is 4. The molecule has 2 aliphatic rings. The maximum absolute atomic E-state index is 13.3. The van der Waals surface area contributed by atoms with Crippen LogP contribution in [0.15, 0.2) is 48.5 Å². The molecule has 8 N–H and O–H groups in total. The first-order chi connectivity index (χ1) is 34.1. The smallest absolute Gasteiger partial charge is 0.470 e. The summed E-state index contributed by atoms with van der Waals surface area (Å²) in [5.74, 6) is -3.28. The molecule has 2 aromatic carbocycles. The molecule has 6 atom stereocenters. The van der Waals surface area contributed by atoms with Gasteiger partial charge in [0.15, 0.2) is 23.1 Å². The fourth-order valence-electron chi connectivity index (χ4n) is 9.21. The Hall–Kier alpha value is -6.21. The first kappa shape index (κ1) is 56.7. The van der Waals surface area contributed by atoms with E-state index in [4.69, 9.17) is 19.3 Å². The number of nitrogens with one attached hydrogen (secondary N) is 6. The van der Waals surface area contributed by atoms with Crippen molar-refractivity contribution in [2.75, 3.05) is 33.9 Å². The van der Waals surface area contributed by atoms with Crippen molar-refractivity contribution >= 4 is 76.4 Å². The highest BCUT2D eigenvalue weighted by Gasteiger charge is 2.36. The lowest BCUT2D eigenvalue weighted by Crippen LogP contribution is -2.47. The lowest BCUT2D eigenvalue weighted by atomic mass is 9.89. The van der Waals surface area contributed by atoms with Crippen LogP contribution in [0.2, 0.25) is 0 Å². The number of hydrogen-bond acceptors (Lipinski definition) is 12. The van der Waals surface area contributed by atoms with Crippen LogP contribution in [0.3, 0.4) is 0 Å². The highest BCUT2D eigenvalue weighted by molar-refractivity contribution is 7.46. The van der Waals surface area contributed by atoms with E-state index in [2.05, 4.69) is 35.8 Å². The van der Waals surface area contributed by atoms with Gasteiger partial charge in [-0.3, -0.25) is 42.9 Å². The third-order valence-electron chi connectivity index (χ3n) is 12.9. The summed E-state index contributed by atoms with van der Waals surface area (Å²) in [5, 5.41) is 12.5. The standard InChI is InChI=1S/C26H35N3O5.C25H34N3O9P/c1-5-22(30)20(12-16-9-10-27-25(16)32)29-26(33)17(11-15(2)3)13-23(31)21-14-18-19(28-21)7-6-8-24(18)34-4;1-14(2)9-16(11-21(29)20-12-17-18(27-20)5-4-6-23(17)36-3)25(32)28-19(10-15-7-8-26-24(15)31)22(30)13-37-38(33,34)35/h6-8,14-17,20,28H,5,9-13H2,1-4H3,(H,27,32)(H,29,33);4-6,12,14-16,19,27H,7-11,13H2,1-3H3,(H,26,31)(H,28,32)(H2,33,34,35)/t16-,17?,20-;15-,16?,19-/m00/s1. The fraction of sp³-hybridized carbons (Fsp3) is 0.529. The van der Waals surface area contributed by atoms with E-state index >= 15 is 0 Å². The molecule has 4 heterocycles. The van der Waals surface area contributed by atoms with Crippen molar-refractivity contribution in [1.82, 2.24) is 31.2 Å². The molecule has 21 heteroatoms. The first-order valence-electron chi connectivity index (χ1n) is 24.4. The van der Waals surface area contributed by atoms with Crippen LogP contribution in [0.1, 0.15) is 113 Å². The van der Waals surface area contributed by atoms with Gasteiger partial charge in [-0.1, -0.05) is 46.8 Å². The Bertz CT molecular complexity index is 2650. The minimum Gasteiger partial charge on any atom is -0.496 e. The topological polar surface area (TPSA) is 301 Å². The molecule has 0 aliphatic carbocycles. The molecule has 0 radical (unpaired) electrons. The second-order valence-corrected chi connectivity index (χ2v) is 20.6. The van der Waals surface area contributed by atoms with E-state index in [1.165, 1.54) is 7.11 Å². The van der Waals surface area contributed by atoms with Crippen molar-refractivity contribution in [1.29, 1.82) is 0 Å². The van der Waals surface area contributed by atoms with Gasteiger partial charge in [-0.25, -0.2) is 4.57 Å². The van der Waals surface area contributed by atoms with E-state index < -0.39 is 56.0 Å². The number of benzene rings is 2. The van der Waals surface area contributed by atoms with Crippen LogP contribution < -0.4 is 30.7 Å². The lowest BCUT2D eigenvalue weighted by molar-refractivity contribution is -0.132. The van der Waals surface area contributed by atoms with Crippen LogP contribution in [-0.2, 0) is 37.9 Å². The number of ketones is 4. The predicted octanol–water partition coefficient (Wildman–Crippen LogP) is 5.50. The normalized spacial score (nSPS) is 17.4. The molecule has 0 bridgehead atoms. The van der Waals surface area contributed by atoms with Gasteiger partial charge >= 0.3 is 7.82 Å². The van der Waals surface area contributed by atoms with Gasteiger partial charge in [-0.05, 0) is 86.8 Å². The van der Waals surface area contributed by atoms with Gasteiger partial charge in [0, 0.05) is 77.8 Å². The Morgan fingerprint density at radius 3 is 1.44 bits per heavy atom. The molecule has 0 saturated carbocycles. The summed E-state index contributed by atoms with van der Waals surface area (Å²) in [7, 11) is -1.81. The Kier molecular flexibility index (Phi) is 20.4. The second-order valence-electron chi connectivity index (χ2n) is 19.3. The summed E-state index contributed by atoms with van der Waals surface area (Å²) in [4.78, 5) is 126. The lowest BCUT2D eigenvalue weighted by Gasteiger charge is -2.24. The molecule has 72 heavy (non-hydrogen) atoms. The van der Waals surface area contributed by atoms with Crippen LogP contribution in [0.25, 0.3) is 21.8 Å². The van der Waals surface area contributed by atoms with E-state index in [0.29, 0.717) is 67.2 Å². The molecule has 2 aromatic heterocycles. The molecular weight excluding hydrogens is 952 g/mol. The van der Waals surface area contributed by atoms with Crippen molar-refractivity contribution in [3.05, 3.63) is 59.9 Å². The van der Waals surface area contributed by atoms with Crippen LogP contribution in [0, 0.1) is 35.5 Å². The largest absolute Gasteiger partial charge is 0.496 e. The van der Waals surface area contributed by atoms with Crippen LogP contribution >= 0.6 is 7.82 Å². The molecule has 2 saturated heterocycles. The molecule has 4 aromatic rings. The van der Waals surface area contributed by atoms with E-state index in [1.54, 1.807) is 38.3 Å². The zero-order chi connectivity index (χ0) is 52.9. The van der Waals surface area contributed by atoms with Crippen molar-refractivity contribution in [2.45, 2.75) is 104 Å². The molecule has 0 spiro atoms. The van der Waals surface area contributed by atoms with Crippen LogP contribution in [-0.4, -0.2) is 113 Å². The number of rotatable bonds is 26. The summed E-state index contributed by atoms with van der Waals surface area (Å²) in [5.41, 5.74) is 2.24. The van der Waals surface area contributed by atoms with Gasteiger partial charge < -0.3 is 50.5 Å². The predicted molar refractivity (Wildman–Crippen MR) is 267 cm³/mol. The number of aromatic nitrogens is 2. The summed E-state index contributed by atoms with van der Waals surface area (Å²) in [6.07, 6.45) is 2.36. The summed E-state index contributed by atoms with van der Waals surface area (Å²) in [6.45, 7) is 9.62. The molecule has 392 valence electrons. The Morgan fingerprint density at radius 1 is 0.681 bits per heavy atom. The minimum absolute atomic E-state index is 0.0239. The fourth-order valence-corrected chi connectivity index (χ4v) is 9.50.